The van der Waals surface area contributed by atoms with Crippen molar-refractivity contribution in [3.05, 3.63) is 59.9 Å². The molecular weight excluding hydrogens is 406 g/mol. The van der Waals surface area contributed by atoms with Gasteiger partial charge in [-0.2, -0.15) is 0 Å². The van der Waals surface area contributed by atoms with E-state index >= 15 is 0 Å². The smallest absolute Gasteiger partial charge is 0.306 e. The molecule has 0 aliphatic heterocycles. The van der Waals surface area contributed by atoms with E-state index in [2.05, 4.69) is 0 Å². The fourth-order valence-corrected chi connectivity index (χ4v) is 3.45. The number of hydrogen-bond acceptors (Lipinski definition) is 4. The van der Waals surface area contributed by atoms with Crippen molar-refractivity contribution in [2.45, 2.75) is 46.7 Å². The van der Waals surface area contributed by atoms with E-state index in [-0.39, 0.29) is 43.7 Å². The maximum absolute atomic E-state index is 13.4. The number of hydrogen-bond donors (Lipinski definition) is 0. The zero-order valence-corrected chi connectivity index (χ0v) is 19.6. The summed E-state index contributed by atoms with van der Waals surface area (Å²) < 4.78 is 6.91. The van der Waals surface area contributed by atoms with Gasteiger partial charge < -0.3 is 19.1 Å². The topological polar surface area (TPSA) is 71.8 Å². The number of nitrogens with zero attached hydrogens (tertiary/aromatic N) is 3. The van der Waals surface area contributed by atoms with E-state index in [1.807, 2.05) is 74.1 Å². The van der Waals surface area contributed by atoms with Gasteiger partial charge >= 0.3 is 5.97 Å². The van der Waals surface area contributed by atoms with E-state index in [4.69, 9.17) is 4.74 Å². The minimum atomic E-state index is -0.397. The van der Waals surface area contributed by atoms with E-state index in [0.717, 1.165) is 11.3 Å². The number of carbonyl (C=O) groups excluding carboxylic acids is 3. The maximum Gasteiger partial charge on any atom is 0.306 e. The van der Waals surface area contributed by atoms with Gasteiger partial charge in [-0.1, -0.05) is 44.2 Å². The third-order valence-corrected chi connectivity index (χ3v) is 5.09. The largest absolute Gasteiger partial charge is 0.466 e. The minimum Gasteiger partial charge on any atom is -0.466 e. The van der Waals surface area contributed by atoms with Crippen LogP contribution >= 0.6 is 0 Å². The summed E-state index contributed by atoms with van der Waals surface area (Å²) in [5.41, 5.74) is 2.04. The molecule has 0 N–H and O–H groups in total. The van der Waals surface area contributed by atoms with Crippen molar-refractivity contribution in [2.24, 2.45) is 13.0 Å². The molecule has 0 radical (unpaired) electrons. The number of benzene rings is 1. The van der Waals surface area contributed by atoms with Crippen LogP contribution in [0.25, 0.3) is 0 Å². The molecule has 2 rings (SSSR count). The van der Waals surface area contributed by atoms with Crippen LogP contribution in [0, 0.1) is 5.92 Å². The molecule has 0 fully saturated rings. The Balaban J connectivity index is 2.13. The van der Waals surface area contributed by atoms with Crippen LogP contribution in [-0.4, -0.2) is 51.8 Å². The Hall–Kier alpha value is -3.09. The first kappa shape index (κ1) is 25.2. The Bertz CT molecular complexity index is 876. The standard InChI is InChI=1S/C25H35N3O4/c1-5-32-25(31)14-13-23(29)27(16-20(2)3)19-24(30)28(17-21-10-7-6-8-11-21)18-22-12-9-15-26(22)4/h6-12,15,20H,5,13-14,16-19H2,1-4H3. The van der Waals surface area contributed by atoms with Gasteiger partial charge in [0.2, 0.25) is 11.8 Å². The van der Waals surface area contributed by atoms with Gasteiger partial charge in [-0.3, -0.25) is 14.4 Å². The second kappa shape index (κ2) is 12.7. The normalized spacial score (nSPS) is 10.8. The lowest BCUT2D eigenvalue weighted by Crippen LogP contribution is -2.44. The van der Waals surface area contributed by atoms with Crippen LogP contribution in [0.1, 0.15) is 44.9 Å². The van der Waals surface area contributed by atoms with E-state index in [1.165, 1.54) is 0 Å². The van der Waals surface area contributed by atoms with Gasteiger partial charge in [-0.15, -0.1) is 0 Å². The monoisotopic (exact) mass is 441 g/mol. The van der Waals surface area contributed by atoms with Gasteiger partial charge in [-0.25, -0.2) is 0 Å². The highest BCUT2D eigenvalue weighted by atomic mass is 16.5. The van der Waals surface area contributed by atoms with Gasteiger partial charge in [0.15, 0.2) is 0 Å². The lowest BCUT2D eigenvalue weighted by Gasteiger charge is -2.29. The van der Waals surface area contributed by atoms with Gasteiger partial charge in [0.25, 0.3) is 0 Å². The molecule has 0 saturated carbocycles. The van der Waals surface area contributed by atoms with Crippen LogP contribution in [0.2, 0.25) is 0 Å². The zero-order valence-electron chi connectivity index (χ0n) is 19.6. The lowest BCUT2D eigenvalue weighted by molar-refractivity contribution is -0.146. The minimum absolute atomic E-state index is 0.0168. The quantitative estimate of drug-likeness (QED) is 0.474. The SMILES string of the molecule is CCOC(=O)CCC(=O)N(CC(=O)N(Cc1ccccc1)Cc1cccn1C)CC(C)C. The van der Waals surface area contributed by atoms with Crippen molar-refractivity contribution < 1.29 is 19.1 Å². The molecule has 2 aromatic rings. The van der Waals surface area contributed by atoms with Crippen molar-refractivity contribution in [1.82, 2.24) is 14.4 Å². The van der Waals surface area contributed by atoms with Crippen molar-refractivity contribution in [2.75, 3.05) is 19.7 Å². The number of esters is 1. The number of carbonyl (C=O) groups is 3. The number of aromatic nitrogens is 1. The first-order valence-electron chi connectivity index (χ1n) is 11.2. The predicted octanol–water partition coefficient (Wildman–Crippen LogP) is 3.38. The Morgan fingerprint density at radius 1 is 0.938 bits per heavy atom. The van der Waals surface area contributed by atoms with E-state index in [0.29, 0.717) is 19.6 Å². The molecular formula is C25H35N3O4. The van der Waals surface area contributed by atoms with E-state index in [9.17, 15) is 14.4 Å². The van der Waals surface area contributed by atoms with Crippen molar-refractivity contribution in [3.8, 4) is 0 Å². The Labute approximate surface area is 190 Å². The molecule has 32 heavy (non-hydrogen) atoms. The Kier molecular flexibility index (Phi) is 9.98. The molecule has 0 saturated heterocycles. The molecule has 2 amide bonds. The van der Waals surface area contributed by atoms with Crippen LogP contribution in [0.4, 0.5) is 0 Å². The zero-order chi connectivity index (χ0) is 23.5. The fourth-order valence-electron chi connectivity index (χ4n) is 3.45. The van der Waals surface area contributed by atoms with Crippen molar-refractivity contribution in [3.63, 3.8) is 0 Å². The highest BCUT2D eigenvalue weighted by molar-refractivity contribution is 5.86. The second-order valence-electron chi connectivity index (χ2n) is 8.32. The lowest BCUT2D eigenvalue weighted by atomic mass is 10.1. The molecule has 0 spiro atoms. The molecule has 1 heterocycles. The molecule has 7 heteroatoms. The number of rotatable bonds is 12. The highest BCUT2D eigenvalue weighted by Crippen LogP contribution is 2.13. The summed E-state index contributed by atoms with van der Waals surface area (Å²) in [4.78, 5) is 41.2. The number of aryl methyl sites for hydroxylation is 1. The molecule has 0 bridgehead atoms. The molecule has 0 atom stereocenters. The predicted molar refractivity (Wildman–Crippen MR) is 123 cm³/mol. The van der Waals surface area contributed by atoms with Gasteiger partial charge in [0.1, 0.15) is 0 Å². The van der Waals surface area contributed by atoms with Crippen LogP contribution in [0.15, 0.2) is 48.7 Å². The van der Waals surface area contributed by atoms with Crippen LogP contribution in [0.5, 0.6) is 0 Å². The third kappa shape index (κ3) is 8.21. The molecule has 1 aromatic carbocycles. The van der Waals surface area contributed by atoms with Crippen molar-refractivity contribution in [1.29, 1.82) is 0 Å². The summed E-state index contributed by atoms with van der Waals surface area (Å²) >= 11 is 0. The van der Waals surface area contributed by atoms with E-state index in [1.54, 1.807) is 16.7 Å². The Morgan fingerprint density at radius 2 is 1.66 bits per heavy atom. The first-order valence-corrected chi connectivity index (χ1v) is 11.2. The molecule has 0 unspecified atom stereocenters. The third-order valence-electron chi connectivity index (χ3n) is 5.09. The first-order chi connectivity index (χ1) is 15.3. The highest BCUT2D eigenvalue weighted by Gasteiger charge is 2.23. The summed E-state index contributed by atoms with van der Waals surface area (Å²) in [7, 11) is 1.95. The average molecular weight is 442 g/mol. The molecule has 1 aromatic heterocycles. The molecule has 0 aliphatic rings. The molecule has 174 valence electrons. The summed E-state index contributed by atoms with van der Waals surface area (Å²) in [6.45, 7) is 7.37. The van der Waals surface area contributed by atoms with E-state index < -0.39 is 5.97 Å². The van der Waals surface area contributed by atoms with Gasteiger partial charge in [0, 0.05) is 38.4 Å². The van der Waals surface area contributed by atoms with Crippen molar-refractivity contribution >= 4 is 17.8 Å². The van der Waals surface area contributed by atoms with Crippen LogP contribution < -0.4 is 0 Å². The fraction of sp³-hybridized carbons (Fsp3) is 0.480. The average Bonchev–Trinajstić information content (AvgIpc) is 3.16. The van der Waals surface area contributed by atoms with Gasteiger partial charge in [0.05, 0.1) is 26.1 Å². The van der Waals surface area contributed by atoms with Crippen LogP contribution in [0.3, 0.4) is 0 Å². The molecule has 0 aliphatic carbocycles. The number of amides is 2. The maximum atomic E-state index is 13.4. The summed E-state index contributed by atoms with van der Waals surface area (Å²) in [6, 6.07) is 13.8. The van der Waals surface area contributed by atoms with Gasteiger partial charge in [-0.05, 0) is 30.5 Å². The summed E-state index contributed by atoms with van der Waals surface area (Å²) in [6.07, 6.45) is 2.01. The van der Waals surface area contributed by atoms with Crippen LogP contribution in [-0.2, 0) is 39.3 Å². The second-order valence-corrected chi connectivity index (χ2v) is 8.32. The Morgan fingerprint density at radius 3 is 2.25 bits per heavy atom. The number of ether oxygens (including phenoxy) is 1. The summed E-state index contributed by atoms with van der Waals surface area (Å²) in [5.74, 6) is -0.533. The summed E-state index contributed by atoms with van der Waals surface area (Å²) in [5, 5.41) is 0. The molecule has 7 nitrogen and oxygen atoms in total.